The molecule has 0 bridgehead atoms. The molecule has 0 aliphatic heterocycles. The lowest BCUT2D eigenvalue weighted by molar-refractivity contribution is -0.136. The number of carbonyl (C=O) groups is 2. The Morgan fingerprint density at radius 2 is 1.87 bits per heavy atom. The van der Waals surface area contributed by atoms with Gasteiger partial charge >= 0.3 is 5.97 Å². The fraction of sp³-hybridized carbons (Fsp3) is 0.0870. The number of nitrogens with zero attached hydrogens (tertiary/aromatic N) is 1. The molecular weight excluding hydrogens is 464 g/mol. The number of carboxylic acids is 1. The summed E-state index contributed by atoms with van der Waals surface area (Å²) >= 11 is 5.04. The van der Waals surface area contributed by atoms with Crippen LogP contribution in [0.2, 0.25) is 0 Å². The number of rotatable bonds is 6. The molecule has 1 aliphatic rings. The van der Waals surface area contributed by atoms with E-state index in [0.717, 1.165) is 30.6 Å². The van der Waals surface area contributed by atoms with Gasteiger partial charge < -0.3 is 10.4 Å². The van der Waals surface area contributed by atoms with Crippen molar-refractivity contribution in [2.75, 3.05) is 6.54 Å². The Hall–Kier alpha value is -3.08. The first-order valence-electron chi connectivity index (χ1n) is 9.14. The Kier molecular flexibility index (Phi) is 5.62. The van der Waals surface area contributed by atoms with Crippen LogP contribution in [0.1, 0.15) is 22.3 Å². The van der Waals surface area contributed by atoms with Gasteiger partial charge in [0, 0.05) is 37.3 Å². The first-order chi connectivity index (χ1) is 14.5. The van der Waals surface area contributed by atoms with Crippen LogP contribution in [0.5, 0.6) is 0 Å². The summed E-state index contributed by atoms with van der Waals surface area (Å²) in [4.78, 5) is 26.0. The zero-order valence-electron chi connectivity index (χ0n) is 15.6. The lowest BCUT2D eigenvalue weighted by Crippen LogP contribution is -2.23. The Morgan fingerprint density at radius 1 is 1.10 bits per heavy atom. The van der Waals surface area contributed by atoms with Gasteiger partial charge in [-0.15, -0.1) is 0 Å². The van der Waals surface area contributed by atoms with E-state index in [4.69, 9.17) is 5.11 Å². The smallest absolute Gasteiger partial charge is 0.305 e. The molecule has 0 saturated heterocycles. The second-order valence-electron chi connectivity index (χ2n) is 6.66. The van der Waals surface area contributed by atoms with E-state index in [0.29, 0.717) is 11.3 Å². The molecule has 4 rings (SSSR count). The number of aliphatic carboxylic acids is 1. The normalized spacial score (nSPS) is 12.7. The second-order valence-corrected chi connectivity index (χ2v) is 8.69. The fourth-order valence-electron chi connectivity index (χ4n) is 3.46. The largest absolute Gasteiger partial charge is 0.481 e. The molecule has 30 heavy (non-hydrogen) atoms. The first-order valence-corrected chi connectivity index (χ1v) is 10.7. The van der Waals surface area contributed by atoms with E-state index >= 15 is 0 Å². The van der Waals surface area contributed by atoms with Crippen LogP contribution in [0.25, 0.3) is 16.5 Å². The predicted octanol–water partition coefficient (Wildman–Crippen LogP) is 5.25. The highest BCUT2D eigenvalue weighted by molar-refractivity contribution is 9.10. The summed E-state index contributed by atoms with van der Waals surface area (Å²) in [6, 6.07) is 19.4. The second kappa shape index (κ2) is 8.34. The van der Waals surface area contributed by atoms with E-state index in [2.05, 4.69) is 21.2 Å². The van der Waals surface area contributed by atoms with Crippen LogP contribution in [0.4, 0.5) is 0 Å². The van der Waals surface area contributed by atoms with Gasteiger partial charge in [-0.1, -0.05) is 52.0 Å². The maximum absolute atomic E-state index is 13.0. The predicted molar refractivity (Wildman–Crippen MR) is 119 cm³/mol. The third-order valence-corrected chi connectivity index (χ3v) is 6.40. The minimum Gasteiger partial charge on any atom is -0.481 e. The lowest BCUT2D eigenvalue weighted by Gasteiger charge is -2.22. The number of hydrogen-bond acceptors (Lipinski definition) is 5. The molecule has 0 amide bonds. The van der Waals surface area contributed by atoms with Crippen molar-refractivity contribution in [3.8, 4) is 6.07 Å². The quantitative estimate of drug-likeness (QED) is 0.502. The van der Waals surface area contributed by atoms with Gasteiger partial charge in [0.15, 0.2) is 0 Å². The molecule has 0 fully saturated rings. The van der Waals surface area contributed by atoms with E-state index in [-0.39, 0.29) is 24.3 Å². The van der Waals surface area contributed by atoms with Crippen LogP contribution >= 0.6 is 27.7 Å². The van der Waals surface area contributed by atoms with Crippen molar-refractivity contribution in [1.82, 2.24) is 5.32 Å². The molecule has 0 aromatic heterocycles. The van der Waals surface area contributed by atoms with Gasteiger partial charge in [0.05, 0.1) is 12.1 Å². The number of ketones is 1. The van der Waals surface area contributed by atoms with E-state index in [1.54, 1.807) is 17.8 Å². The molecule has 148 valence electrons. The molecule has 0 heterocycles. The highest BCUT2D eigenvalue weighted by atomic mass is 79.9. The van der Waals surface area contributed by atoms with E-state index in [1.165, 1.54) is 0 Å². The third kappa shape index (κ3) is 3.72. The van der Waals surface area contributed by atoms with Gasteiger partial charge in [0.25, 0.3) is 0 Å². The molecule has 3 aromatic carbocycles. The molecule has 0 radical (unpaired) electrons. The Labute approximate surface area is 185 Å². The number of nitriles is 1. The van der Waals surface area contributed by atoms with Crippen LogP contribution < -0.4 is 5.32 Å². The standard InChI is InChI=1S/C23H15BrN2O3S/c24-13-4-6-14(7-5-13)30-19-9-8-16-21-15(19)2-1-3-17(21)23(29)18(12-25)22(16)26-11-10-20(27)28/h1-9,26H,10-11H2,(H,27,28). The number of benzene rings is 3. The van der Waals surface area contributed by atoms with Crippen LogP contribution in [0, 0.1) is 11.3 Å². The van der Waals surface area contributed by atoms with Crippen molar-refractivity contribution >= 4 is 55.9 Å². The van der Waals surface area contributed by atoms with Crippen molar-refractivity contribution in [1.29, 1.82) is 5.26 Å². The monoisotopic (exact) mass is 478 g/mol. The summed E-state index contributed by atoms with van der Waals surface area (Å²) in [7, 11) is 0. The molecule has 0 atom stereocenters. The van der Waals surface area contributed by atoms with Crippen LogP contribution in [0.3, 0.4) is 0 Å². The number of carboxylic acid groups (broad SMARTS) is 1. The van der Waals surface area contributed by atoms with E-state index in [9.17, 15) is 14.9 Å². The zero-order chi connectivity index (χ0) is 21.3. The molecule has 0 unspecified atom stereocenters. The summed E-state index contributed by atoms with van der Waals surface area (Å²) in [5.74, 6) is -1.30. The third-order valence-electron chi connectivity index (χ3n) is 4.79. The van der Waals surface area contributed by atoms with Crippen molar-refractivity contribution in [2.45, 2.75) is 16.2 Å². The van der Waals surface area contributed by atoms with Crippen LogP contribution in [-0.2, 0) is 4.79 Å². The molecule has 0 spiro atoms. The molecule has 5 nitrogen and oxygen atoms in total. The number of nitrogens with one attached hydrogen (secondary N) is 1. The van der Waals surface area contributed by atoms with Crippen molar-refractivity contribution in [3.05, 3.63) is 75.8 Å². The lowest BCUT2D eigenvalue weighted by atomic mass is 9.86. The molecule has 0 saturated carbocycles. The summed E-state index contributed by atoms with van der Waals surface area (Å²) in [5, 5.41) is 23.2. The number of carbonyl (C=O) groups excluding carboxylic acids is 1. The van der Waals surface area contributed by atoms with Gasteiger partial charge in [-0.25, -0.2) is 0 Å². The number of allylic oxidation sites excluding steroid dienone is 1. The van der Waals surface area contributed by atoms with Crippen LogP contribution in [0.15, 0.2) is 74.4 Å². The average molecular weight is 479 g/mol. The number of hydrogen-bond donors (Lipinski definition) is 2. The SMILES string of the molecule is N#CC1=C(NCCC(=O)O)c2ccc(Sc3ccc(Br)cc3)c3cccc(c23)C1=O. The van der Waals surface area contributed by atoms with Gasteiger partial charge in [0.1, 0.15) is 11.6 Å². The summed E-state index contributed by atoms with van der Waals surface area (Å²) in [6.07, 6.45) is -0.112. The Morgan fingerprint density at radius 3 is 2.57 bits per heavy atom. The van der Waals surface area contributed by atoms with Crippen LogP contribution in [-0.4, -0.2) is 23.4 Å². The summed E-state index contributed by atoms with van der Waals surface area (Å²) in [6.45, 7) is 0.127. The van der Waals surface area contributed by atoms with Crippen molar-refractivity contribution in [2.24, 2.45) is 0 Å². The average Bonchev–Trinajstić information content (AvgIpc) is 2.74. The molecule has 1 aliphatic carbocycles. The summed E-state index contributed by atoms with van der Waals surface area (Å²) < 4.78 is 1.00. The van der Waals surface area contributed by atoms with Gasteiger partial charge in [0.2, 0.25) is 5.78 Å². The topological polar surface area (TPSA) is 90.2 Å². The Balaban J connectivity index is 1.83. The molecule has 3 aromatic rings. The van der Waals surface area contributed by atoms with Crippen molar-refractivity contribution < 1.29 is 14.7 Å². The first kappa shape index (κ1) is 20.2. The van der Waals surface area contributed by atoms with Gasteiger partial charge in [-0.3, -0.25) is 9.59 Å². The van der Waals surface area contributed by atoms with E-state index in [1.807, 2.05) is 54.6 Å². The minimum absolute atomic E-state index is 0.00806. The fourth-order valence-corrected chi connectivity index (χ4v) is 4.67. The zero-order valence-corrected chi connectivity index (χ0v) is 18.0. The highest BCUT2D eigenvalue weighted by Gasteiger charge is 2.28. The maximum atomic E-state index is 13.0. The van der Waals surface area contributed by atoms with Gasteiger partial charge in [-0.05, 0) is 35.7 Å². The summed E-state index contributed by atoms with van der Waals surface area (Å²) in [5.41, 5.74) is 1.63. The highest BCUT2D eigenvalue weighted by Crippen LogP contribution is 2.41. The molecular formula is C23H15BrN2O3S. The number of halogens is 1. The van der Waals surface area contributed by atoms with E-state index < -0.39 is 5.97 Å². The minimum atomic E-state index is -0.949. The molecule has 7 heteroatoms. The molecule has 2 N–H and O–H groups in total. The number of Topliss-reactive ketones (excluding diaryl/α,β-unsaturated/α-hetero) is 1. The van der Waals surface area contributed by atoms with Gasteiger partial charge in [-0.2, -0.15) is 5.26 Å². The van der Waals surface area contributed by atoms with Crippen molar-refractivity contribution in [3.63, 3.8) is 0 Å². The maximum Gasteiger partial charge on any atom is 0.305 e. The Bertz CT molecular complexity index is 1260.